The van der Waals surface area contributed by atoms with Gasteiger partial charge in [0.15, 0.2) is 0 Å². The number of carbonyl (C=O) groups is 1. The first-order valence-electron chi connectivity index (χ1n) is 13.8. The van der Waals surface area contributed by atoms with E-state index in [1.807, 2.05) is 18.2 Å². The van der Waals surface area contributed by atoms with E-state index in [9.17, 15) is 36.2 Å². The van der Waals surface area contributed by atoms with Gasteiger partial charge in [-0.25, -0.2) is 0 Å². The van der Waals surface area contributed by atoms with Crippen LogP contribution in [0.2, 0.25) is 0 Å². The number of fused-ring (bicyclic) bond motifs is 1. The summed E-state index contributed by atoms with van der Waals surface area (Å²) in [6.45, 7) is 4.02. The molecule has 2 aliphatic heterocycles. The molecule has 40 heavy (non-hydrogen) atoms. The SMILES string of the molecule is C[C@H](C(=O)O)[C@H](c1ccc2c(c1)OC1(CC2)CCN([C@H](C)c2cc(C(F)(F)F)ccc2C(F)(F)F)CC1)C1CC1. The summed E-state index contributed by atoms with van der Waals surface area (Å²) in [5.41, 5.74) is -1.05. The van der Waals surface area contributed by atoms with Crippen LogP contribution >= 0.6 is 0 Å². The zero-order valence-corrected chi connectivity index (χ0v) is 22.4. The minimum absolute atomic E-state index is 0.0951. The van der Waals surface area contributed by atoms with E-state index in [2.05, 4.69) is 0 Å². The molecule has 0 amide bonds. The average molecular weight is 570 g/mol. The summed E-state index contributed by atoms with van der Waals surface area (Å²) in [7, 11) is 0. The second kappa shape index (κ2) is 10.3. The molecule has 3 atom stereocenters. The van der Waals surface area contributed by atoms with Gasteiger partial charge < -0.3 is 9.84 Å². The molecule has 0 aromatic heterocycles. The molecule has 2 fully saturated rings. The van der Waals surface area contributed by atoms with Gasteiger partial charge in [0, 0.05) is 19.1 Å². The number of hydrogen-bond acceptors (Lipinski definition) is 3. The Bertz CT molecular complexity index is 1260. The van der Waals surface area contributed by atoms with Crippen molar-refractivity contribution >= 4 is 5.97 Å². The predicted molar refractivity (Wildman–Crippen MR) is 136 cm³/mol. The number of aryl methyl sites for hydroxylation is 1. The highest BCUT2D eigenvalue weighted by molar-refractivity contribution is 5.71. The molecule has 5 rings (SSSR count). The second-order valence-electron chi connectivity index (χ2n) is 11.7. The highest BCUT2D eigenvalue weighted by atomic mass is 19.4. The molecular formula is C30H33F6NO3. The number of rotatable bonds is 6. The van der Waals surface area contributed by atoms with Gasteiger partial charge in [-0.3, -0.25) is 9.69 Å². The van der Waals surface area contributed by atoms with Gasteiger partial charge in [-0.05, 0) is 98.2 Å². The van der Waals surface area contributed by atoms with E-state index in [1.165, 1.54) is 6.92 Å². The summed E-state index contributed by atoms with van der Waals surface area (Å²) in [6, 6.07) is 6.74. The summed E-state index contributed by atoms with van der Waals surface area (Å²) in [6.07, 6.45) is -4.96. The third kappa shape index (κ3) is 5.69. The van der Waals surface area contributed by atoms with E-state index >= 15 is 0 Å². The molecule has 3 aliphatic rings. The average Bonchev–Trinajstić information content (AvgIpc) is 3.72. The van der Waals surface area contributed by atoms with Crippen LogP contribution in [0.1, 0.15) is 85.7 Å². The van der Waals surface area contributed by atoms with E-state index in [0.29, 0.717) is 50.0 Å². The maximum atomic E-state index is 13.7. The first-order chi connectivity index (χ1) is 18.7. The third-order valence-corrected chi connectivity index (χ3v) is 9.10. The van der Waals surface area contributed by atoms with E-state index in [1.54, 1.807) is 11.8 Å². The number of aliphatic carboxylic acids is 1. The fourth-order valence-corrected chi connectivity index (χ4v) is 6.52. The summed E-state index contributed by atoms with van der Waals surface area (Å²) in [5, 5.41) is 9.64. The molecule has 1 saturated heterocycles. The smallest absolute Gasteiger partial charge is 0.416 e. The van der Waals surface area contributed by atoms with Crippen LogP contribution in [0.5, 0.6) is 5.75 Å². The number of alkyl halides is 6. The summed E-state index contributed by atoms with van der Waals surface area (Å²) < 4.78 is 87.7. The van der Waals surface area contributed by atoms with Crippen molar-refractivity contribution < 1.29 is 41.0 Å². The van der Waals surface area contributed by atoms with Crippen LogP contribution in [-0.2, 0) is 23.6 Å². The topological polar surface area (TPSA) is 49.8 Å². The molecule has 0 radical (unpaired) electrons. The van der Waals surface area contributed by atoms with Gasteiger partial charge in [0.1, 0.15) is 11.4 Å². The maximum Gasteiger partial charge on any atom is 0.416 e. The van der Waals surface area contributed by atoms with Crippen molar-refractivity contribution in [1.82, 2.24) is 4.90 Å². The number of halogens is 6. The monoisotopic (exact) mass is 569 g/mol. The van der Waals surface area contributed by atoms with Crippen LogP contribution in [-0.4, -0.2) is 34.7 Å². The van der Waals surface area contributed by atoms with Crippen LogP contribution in [0.15, 0.2) is 36.4 Å². The highest BCUT2D eigenvalue weighted by Crippen LogP contribution is 2.49. The number of hydrogen-bond donors (Lipinski definition) is 1. The molecule has 4 nitrogen and oxygen atoms in total. The minimum atomic E-state index is -4.77. The Labute approximate surface area is 229 Å². The third-order valence-electron chi connectivity index (χ3n) is 9.10. The molecule has 2 aromatic carbocycles. The van der Waals surface area contributed by atoms with Crippen LogP contribution < -0.4 is 4.74 Å². The first-order valence-corrected chi connectivity index (χ1v) is 13.8. The fraction of sp³-hybridized carbons (Fsp3) is 0.567. The number of carboxylic acid groups (broad SMARTS) is 1. The van der Waals surface area contributed by atoms with Crippen LogP contribution in [0, 0.1) is 11.8 Å². The molecule has 10 heteroatoms. The Morgan fingerprint density at radius 3 is 2.23 bits per heavy atom. The zero-order valence-electron chi connectivity index (χ0n) is 22.4. The van der Waals surface area contributed by atoms with Gasteiger partial charge in [-0.2, -0.15) is 26.3 Å². The zero-order chi connectivity index (χ0) is 29.0. The summed E-state index contributed by atoms with van der Waals surface area (Å²) >= 11 is 0. The van der Waals surface area contributed by atoms with Crippen LogP contribution in [0.4, 0.5) is 26.3 Å². The molecule has 1 aliphatic carbocycles. The van der Waals surface area contributed by atoms with E-state index in [0.717, 1.165) is 42.6 Å². The van der Waals surface area contributed by atoms with E-state index in [4.69, 9.17) is 4.74 Å². The van der Waals surface area contributed by atoms with Crippen molar-refractivity contribution in [3.63, 3.8) is 0 Å². The molecular weight excluding hydrogens is 536 g/mol. The van der Waals surface area contributed by atoms with Gasteiger partial charge in [0.25, 0.3) is 0 Å². The number of piperidine rings is 1. The lowest BCUT2D eigenvalue weighted by molar-refractivity contribution is -0.142. The van der Waals surface area contributed by atoms with Crippen LogP contribution in [0.25, 0.3) is 0 Å². The molecule has 2 aromatic rings. The Hall–Kier alpha value is -2.75. The molecule has 1 saturated carbocycles. The molecule has 0 unspecified atom stereocenters. The van der Waals surface area contributed by atoms with Gasteiger partial charge in [-0.15, -0.1) is 0 Å². The molecule has 1 spiro atoms. The first kappa shape index (κ1) is 28.8. The van der Waals surface area contributed by atoms with E-state index in [-0.39, 0.29) is 11.5 Å². The summed E-state index contributed by atoms with van der Waals surface area (Å²) in [4.78, 5) is 13.5. The largest absolute Gasteiger partial charge is 0.487 e. The molecule has 218 valence electrons. The lowest BCUT2D eigenvalue weighted by Gasteiger charge is -2.46. The highest BCUT2D eigenvalue weighted by Gasteiger charge is 2.44. The quantitative estimate of drug-likeness (QED) is 0.360. The normalized spacial score (nSPS) is 21.8. The second-order valence-corrected chi connectivity index (χ2v) is 11.7. The molecule has 2 heterocycles. The van der Waals surface area contributed by atoms with Gasteiger partial charge in [-0.1, -0.05) is 19.1 Å². The number of nitrogens with zero attached hydrogens (tertiary/aromatic N) is 1. The van der Waals surface area contributed by atoms with Gasteiger partial charge >= 0.3 is 18.3 Å². The summed E-state index contributed by atoms with van der Waals surface area (Å²) in [5.74, 6) is -0.384. The van der Waals surface area contributed by atoms with Gasteiger partial charge in [0.2, 0.25) is 0 Å². The van der Waals surface area contributed by atoms with Crippen molar-refractivity contribution in [2.75, 3.05) is 13.1 Å². The lowest BCUT2D eigenvalue weighted by Crippen LogP contribution is -2.50. The Morgan fingerprint density at radius 1 is 0.975 bits per heavy atom. The van der Waals surface area contributed by atoms with Crippen molar-refractivity contribution in [2.24, 2.45) is 11.8 Å². The molecule has 0 bridgehead atoms. The Kier molecular flexibility index (Phi) is 7.38. The van der Waals surface area contributed by atoms with Gasteiger partial charge in [0.05, 0.1) is 17.0 Å². The molecule has 1 N–H and O–H groups in total. The maximum absolute atomic E-state index is 13.7. The number of likely N-dealkylation sites (tertiary alicyclic amines) is 1. The number of ether oxygens (including phenoxy) is 1. The minimum Gasteiger partial charge on any atom is -0.487 e. The Balaban J connectivity index is 1.33. The predicted octanol–water partition coefficient (Wildman–Crippen LogP) is 7.86. The number of carboxylic acids is 1. The van der Waals surface area contributed by atoms with E-state index < -0.39 is 47.0 Å². The Morgan fingerprint density at radius 2 is 1.65 bits per heavy atom. The van der Waals surface area contributed by atoms with Crippen molar-refractivity contribution in [1.29, 1.82) is 0 Å². The standard InChI is InChI=1S/C30H33F6NO3/c1-17(27(38)39)26(20-4-5-20)21-6-3-19-9-10-28(40-25(19)15-21)11-13-37(14-12-28)18(2)23-16-22(29(31,32)33)7-8-24(23)30(34,35)36/h3,6-8,15-18,20,26H,4-5,9-14H2,1-2H3,(H,38,39)/t17-,18+,26-/m0/s1. The van der Waals surface area contributed by atoms with Crippen LogP contribution in [0.3, 0.4) is 0 Å². The van der Waals surface area contributed by atoms with Crippen molar-refractivity contribution in [2.45, 2.75) is 82.3 Å². The van der Waals surface area contributed by atoms with Crippen molar-refractivity contribution in [3.05, 3.63) is 64.2 Å². The van der Waals surface area contributed by atoms with Crippen molar-refractivity contribution in [3.8, 4) is 5.75 Å². The fourth-order valence-electron chi connectivity index (χ4n) is 6.52. The lowest BCUT2D eigenvalue weighted by atomic mass is 9.80. The number of benzene rings is 2.